The minimum absolute atomic E-state index is 0.0436. The maximum atomic E-state index is 12.1. The Morgan fingerprint density at radius 1 is 1.00 bits per heavy atom. The van der Waals surface area contributed by atoms with Crippen molar-refractivity contribution in [2.45, 2.75) is 66.2 Å². The van der Waals surface area contributed by atoms with Crippen molar-refractivity contribution in [3.05, 3.63) is 33.8 Å². The lowest BCUT2D eigenvalue weighted by Crippen LogP contribution is -2.47. The average Bonchev–Trinajstić information content (AvgIpc) is 2.43. The lowest BCUT2D eigenvalue weighted by Gasteiger charge is -2.22. The fourth-order valence-electron chi connectivity index (χ4n) is 1.89. The van der Waals surface area contributed by atoms with E-state index < -0.39 is 23.4 Å². The van der Waals surface area contributed by atoms with E-state index in [0.717, 1.165) is 15.6 Å². The first-order valence-electron chi connectivity index (χ1n) is 8.55. The number of nitrogens with zero attached hydrogens (tertiary/aromatic N) is 1. The largest absolute Gasteiger partial charge is 0.444 e. The number of halogens is 1. The van der Waals surface area contributed by atoms with Gasteiger partial charge in [-0.15, -0.1) is 0 Å². The van der Waals surface area contributed by atoms with Crippen molar-refractivity contribution in [2.75, 3.05) is 0 Å². The van der Waals surface area contributed by atoms with E-state index in [0.29, 0.717) is 0 Å². The van der Waals surface area contributed by atoms with E-state index in [4.69, 9.17) is 9.47 Å². The predicted octanol–water partition coefficient (Wildman–Crippen LogP) is 4.66. The number of hydrogen-bond acceptors (Lipinski definition) is 5. The lowest BCUT2D eigenvalue weighted by atomic mass is 10.1. The Morgan fingerprint density at radius 3 is 1.93 bits per heavy atom. The molecule has 0 bridgehead atoms. The molecular formula is C19H28BrN3O4. The van der Waals surface area contributed by atoms with Crippen LogP contribution in [-0.2, 0) is 16.0 Å². The van der Waals surface area contributed by atoms with Crippen molar-refractivity contribution in [3.8, 4) is 0 Å². The Bertz CT molecular complexity index is 687. The second-order valence-electron chi connectivity index (χ2n) is 7.99. The number of carbonyl (C=O) groups excluding carboxylic acids is 2. The van der Waals surface area contributed by atoms with Crippen LogP contribution in [0.1, 0.15) is 52.7 Å². The Kier molecular flexibility index (Phi) is 7.83. The molecule has 8 heteroatoms. The summed E-state index contributed by atoms with van der Waals surface area (Å²) in [5.41, 5.74) is 0.624. The number of amides is 2. The van der Waals surface area contributed by atoms with Crippen molar-refractivity contribution in [3.63, 3.8) is 0 Å². The van der Waals surface area contributed by atoms with Crippen LogP contribution >= 0.6 is 15.9 Å². The molecule has 2 N–H and O–H groups in total. The van der Waals surface area contributed by atoms with Crippen molar-refractivity contribution in [1.82, 2.24) is 10.6 Å². The summed E-state index contributed by atoms with van der Waals surface area (Å²) in [5.74, 6) is -0.0436. The van der Waals surface area contributed by atoms with Crippen molar-refractivity contribution in [1.29, 1.82) is 0 Å². The normalized spacial score (nSPS) is 11.4. The molecular weight excluding hydrogens is 414 g/mol. The third-order valence-corrected chi connectivity index (χ3v) is 3.45. The SMILES string of the molecule is Cc1ccc(Br)cc1CN=C(NC(=O)OC(C)(C)C)NC(=O)OC(C)(C)C. The molecule has 0 fully saturated rings. The first kappa shape index (κ1) is 23.0. The zero-order valence-corrected chi connectivity index (χ0v) is 18.5. The first-order chi connectivity index (χ1) is 12.2. The van der Waals surface area contributed by atoms with Crippen LogP contribution in [0.15, 0.2) is 27.7 Å². The summed E-state index contributed by atoms with van der Waals surface area (Å²) in [6.07, 6.45) is -1.44. The highest BCUT2D eigenvalue weighted by molar-refractivity contribution is 9.10. The highest BCUT2D eigenvalue weighted by Gasteiger charge is 2.21. The predicted molar refractivity (Wildman–Crippen MR) is 109 cm³/mol. The molecule has 0 aliphatic rings. The maximum absolute atomic E-state index is 12.1. The number of rotatable bonds is 2. The third kappa shape index (κ3) is 9.98. The first-order valence-corrected chi connectivity index (χ1v) is 9.34. The highest BCUT2D eigenvalue weighted by Crippen LogP contribution is 2.17. The smallest absolute Gasteiger partial charge is 0.414 e. The number of aryl methyl sites for hydroxylation is 1. The molecule has 1 aromatic rings. The zero-order chi connectivity index (χ0) is 20.8. The van der Waals surface area contributed by atoms with E-state index in [1.165, 1.54) is 0 Å². The van der Waals surface area contributed by atoms with Crippen LogP contribution in [-0.4, -0.2) is 29.3 Å². The van der Waals surface area contributed by atoms with Crippen LogP contribution in [0.25, 0.3) is 0 Å². The van der Waals surface area contributed by atoms with E-state index in [1.54, 1.807) is 41.5 Å². The number of benzene rings is 1. The van der Waals surface area contributed by atoms with Crippen LogP contribution in [0.4, 0.5) is 9.59 Å². The summed E-state index contributed by atoms with van der Waals surface area (Å²) in [6, 6.07) is 5.82. The van der Waals surface area contributed by atoms with Gasteiger partial charge < -0.3 is 9.47 Å². The number of aliphatic imine (C=N–C) groups is 1. The molecule has 0 heterocycles. The van der Waals surface area contributed by atoms with Gasteiger partial charge in [0.05, 0.1) is 6.54 Å². The monoisotopic (exact) mass is 441 g/mol. The number of carbonyl (C=O) groups is 2. The number of guanidine groups is 1. The summed E-state index contributed by atoms with van der Waals surface area (Å²) in [4.78, 5) is 28.4. The molecule has 0 aliphatic carbocycles. The third-order valence-electron chi connectivity index (χ3n) is 2.96. The van der Waals surface area contributed by atoms with Gasteiger partial charge in [0.25, 0.3) is 0 Å². The zero-order valence-electron chi connectivity index (χ0n) is 16.9. The Hall–Kier alpha value is -2.09. The van der Waals surface area contributed by atoms with E-state index in [9.17, 15) is 9.59 Å². The summed E-state index contributed by atoms with van der Waals surface area (Å²) in [7, 11) is 0. The van der Waals surface area contributed by atoms with Gasteiger partial charge in [-0.2, -0.15) is 0 Å². The van der Waals surface area contributed by atoms with E-state index in [2.05, 4.69) is 31.6 Å². The van der Waals surface area contributed by atoms with Crippen molar-refractivity contribution in [2.24, 2.45) is 4.99 Å². The fraction of sp³-hybridized carbons (Fsp3) is 0.526. The van der Waals surface area contributed by atoms with E-state index >= 15 is 0 Å². The van der Waals surface area contributed by atoms with Gasteiger partial charge in [0.15, 0.2) is 0 Å². The fourth-order valence-corrected chi connectivity index (χ4v) is 2.29. The molecule has 0 spiro atoms. The Morgan fingerprint density at radius 2 is 1.48 bits per heavy atom. The number of ether oxygens (including phenoxy) is 2. The molecule has 150 valence electrons. The highest BCUT2D eigenvalue weighted by atomic mass is 79.9. The van der Waals surface area contributed by atoms with Gasteiger partial charge in [-0.05, 0) is 71.7 Å². The summed E-state index contributed by atoms with van der Waals surface area (Å²) >= 11 is 3.42. The van der Waals surface area contributed by atoms with Crippen LogP contribution in [0.2, 0.25) is 0 Å². The number of hydrogen-bond donors (Lipinski definition) is 2. The van der Waals surface area contributed by atoms with Crippen molar-refractivity contribution >= 4 is 34.1 Å². The second kappa shape index (κ2) is 9.21. The molecule has 0 aliphatic heterocycles. The van der Waals surface area contributed by atoms with Gasteiger partial charge in [0.2, 0.25) is 5.96 Å². The number of alkyl carbamates (subject to hydrolysis) is 2. The summed E-state index contributed by atoms with van der Waals surface area (Å²) in [6.45, 7) is 12.7. The molecule has 0 saturated carbocycles. The molecule has 1 rings (SSSR count). The van der Waals surface area contributed by atoms with Crippen molar-refractivity contribution < 1.29 is 19.1 Å². The minimum atomic E-state index is -0.719. The van der Waals surface area contributed by atoms with Gasteiger partial charge in [0.1, 0.15) is 11.2 Å². The van der Waals surface area contributed by atoms with Crippen LogP contribution in [0, 0.1) is 6.92 Å². The quantitative estimate of drug-likeness (QED) is 0.515. The molecule has 0 atom stereocenters. The Balaban J connectivity index is 2.96. The van der Waals surface area contributed by atoms with Gasteiger partial charge in [-0.25, -0.2) is 14.6 Å². The van der Waals surface area contributed by atoms with Crippen LogP contribution in [0.3, 0.4) is 0 Å². The lowest BCUT2D eigenvalue weighted by molar-refractivity contribution is 0.0545. The van der Waals surface area contributed by atoms with E-state index in [-0.39, 0.29) is 12.5 Å². The van der Waals surface area contributed by atoms with Gasteiger partial charge in [0, 0.05) is 4.47 Å². The van der Waals surface area contributed by atoms with Crippen LogP contribution < -0.4 is 10.6 Å². The molecule has 27 heavy (non-hydrogen) atoms. The second-order valence-corrected chi connectivity index (χ2v) is 8.91. The molecule has 0 unspecified atom stereocenters. The summed E-state index contributed by atoms with van der Waals surface area (Å²) < 4.78 is 11.3. The topological polar surface area (TPSA) is 89.0 Å². The minimum Gasteiger partial charge on any atom is -0.444 e. The van der Waals surface area contributed by atoms with E-state index in [1.807, 2.05) is 25.1 Å². The average molecular weight is 442 g/mol. The van der Waals surface area contributed by atoms with Gasteiger partial charge in [-0.1, -0.05) is 22.0 Å². The molecule has 0 radical (unpaired) electrons. The van der Waals surface area contributed by atoms with Gasteiger partial charge >= 0.3 is 12.2 Å². The molecule has 0 aromatic heterocycles. The number of nitrogens with one attached hydrogen (secondary N) is 2. The maximum Gasteiger partial charge on any atom is 0.414 e. The molecule has 0 saturated heterocycles. The van der Waals surface area contributed by atoms with Gasteiger partial charge in [-0.3, -0.25) is 10.6 Å². The standard InChI is InChI=1S/C19H28BrN3O4/c1-12-8-9-14(20)10-13(12)11-21-15(22-16(24)26-18(2,3)4)23-17(25)27-19(5,6)7/h8-10H,11H2,1-7H3,(H2,21,22,23,24,25). The van der Waals surface area contributed by atoms with Crippen LogP contribution in [0.5, 0.6) is 0 Å². The molecule has 7 nitrogen and oxygen atoms in total. The molecule has 1 aromatic carbocycles. The summed E-state index contributed by atoms with van der Waals surface area (Å²) in [5, 5.41) is 4.92. The molecule has 2 amide bonds. The Labute approximate surface area is 169 Å².